The van der Waals surface area contributed by atoms with Crippen LogP contribution < -0.4 is 10.6 Å². The Balaban J connectivity index is 2.60. The Hall–Kier alpha value is -1.13. The zero-order chi connectivity index (χ0) is 15.5. The maximum atomic E-state index is 5.35. The molecule has 0 fully saturated rings. The highest BCUT2D eigenvalue weighted by molar-refractivity contribution is 7.80. The van der Waals surface area contributed by atoms with Crippen molar-refractivity contribution in [3.05, 3.63) is 35.9 Å². The highest BCUT2D eigenvalue weighted by Gasteiger charge is 2.17. The largest absolute Gasteiger partial charge is 0.363 e. The number of unbranched alkanes of at least 4 members (excludes halogenated alkanes) is 1. The molecule has 0 spiro atoms. The topological polar surface area (TPSA) is 27.3 Å². The molecule has 0 aliphatic heterocycles. The zero-order valence-corrected chi connectivity index (χ0v) is 14.4. The molecular formula is C17H29N3S. The quantitative estimate of drug-likeness (QED) is 0.540. The third-order valence-electron chi connectivity index (χ3n) is 3.71. The Morgan fingerprint density at radius 1 is 1.10 bits per heavy atom. The maximum Gasteiger partial charge on any atom is 0.166 e. The van der Waals surface area contributed by atoms with Crippen LogP contribution in [0, 0.1) is 0 Å². The van der Waals surface area contributed by atoms with Crippen LogP contribution in [0.15, 0.2) is 30.3 Å². The van der Waals surface area contributed by atoms with Crippen molar-refractivity contribution in [2.24, 2.45) is 0 Å². The minimum atomic E-state index is 0.354. The molecule has 21 heavy (non-hydrogen) atoms. The molecule has 1 rings (SSSR count). The van der Waals surface area contributed by atoms with Crippen LogP contribution in [-0.2, 0) is 0 Å². The normalized spacial score (nSPS) is 12.2. The lowest BCUT2D eigenvalue weighted by Gasteiger charge is -2.30. The second kappa shape index (κ2) is 10.6. The van der Waals surface area contributed by atoms with Crippen molar-refractivity contribution in [1.29, 1.82) is 0 Å². The zero-order valence-electron chi connectivity index (χ0n) is 13.6. The molecule has 0 saturated carbocycles. The highest BCUT2D eigenvalue weighted by atomic mass is 32.1. The van der Waals surface area contributed by atoms with E-state index in [1.54, 1.807) is 0 Å². The number of hydrogen-bond acceptors (Lipinski definition) is 2. The van der Waals surface area contributed by atoms with Crippen LogP contribution in [0.3, 0.4) is 0 Å². The summed E-state index contributed by atoms with van der Waals surface area (Å²) < 4.78 is 0. The van der Waals surface area contributed by atoms with Crippen molar-refractivity contribution < 1.29 is 0 Å². The van der Waals surface area contributed by atoms with Crippen LogP contribution in [0.5, 0.6) is 0 Å². The first kappa shape index (κ1) is 17.9. The van der Waals surface area contributed by atoms with Gasteiger partial charge in [0.15, 0.2) is 5.11 Å². The number of benzene rings is 1. The van der Waals surface area contributed by atoms with Crippen LogP contribution in [-0.4, -0.2) is 36.2 Å². The molecule has 1 atom stereocenters. The van der Waals surface area contributed by atoms with E-state index in [9.17, 15) is 0 Å². The van der Waals surface area contributed by atoms with Gasteiger partial charge in [0.2, 0.25) is 0 Å². The fraction of sp³-hybridized carbons (Fsp3) is 0.588. The van der Waals surface area contributed by atoms with Crippen molar-refractivity contribution in [2.45, 2.75) is 39.7 Å². The van der Waals surface area contributed by atoms with E-state index in [0.717, 1.165) is 37.7 Å². The molecule has 2 N–H and O–H groups in total. The molecule has 1 aromatic carbocycles. The molecule has 118 valence electrons. The molecule has 0 radical (unpaired) electrons. The van der Waals surface area contributed by atoms with Crippen LogP contribution >= 0.6 is 12.2 Å². The van der Waals surface area contributed by atoms with Crippen molar-refractivity contribution in [3.63, 3.8) is 0 Å². The van der Waals surface area contributed by atoms with Crippen LogP contribution in [0.1, 0.15) is 45.2 Å². The number of nitrogens with zero attached hydrogens (tertiary/aromatic N) is 1. The first-order chi connectivity index (χ1) is 10.2. The first-order valence-corrected chi connectivity index (χ1v) is 8.44. The van der Waals surface area contributed by atoms with Crippen molar-refractivity contribution in [1.82, 2.24) is 15.5 Å². The molecule has 0 saturated heterocycles. The monoisotopic (exact) mass is 307 g/mol. The molecule has 1 aromatic rings. The fourth-order valence-electron chi connectivity index (χ4n) is 2.43. The van der Waals surface area contributed by atoms with Crippen molar-refractivity contribution in [3.8, 4) is 0 Å². The SMILES string of the molecule is CCCCNC(=S)NCC(c1ccccc1)N(CC)CC. The predicted octanol–water partition coefficient (Wildman–Crippen LogP) is 3.33. The summed E-state index contributed by atoms with van der Waals surface area (Å²) in [4.78, 5) is 2.46. The number of likely N-dealkylation sites (N-methyl/N-ethyl adjacent to an activating group) is 1. The molecule has 0 heterocycles. The molecule has 0 aromatic heterocycles. The summed E-state index contributed by atoms with van der Waals surface area (Å²) in [5.41, 5.74) is 1.34. The maximum absolute atomic E-state index is 5.35. The third-order valence-corrected chi connectivity index (χ3v) is 4.00. The molecule has 0 aliphatic rings. The van der Waals surface area contributed by atoms with Gasteiger partial charge in [-0.3, -0.25) is 4.90 Å². The van der Waals surface area contributed by atoms with Gasteiger partial charge < -0.3 is 10.6 Å². The predicted molar refractivity (Wildman–Crippen MR) is 95.6 cm³/mol. The summed E-state index contributed by atoms with van der Waals surface area (Å²) in [7, 11) is 0. The molecule has 4 heteroatoms. The summed E-state index contributed by atoms with van der Waals surface area (Å²) in [6.45, 7) is 10.5. The highest BCUT2D eigenvalue weighted by Crippen LogP contribution is 2.19. The van der Waals surface area contributed by atoms with E-state index in [1.807, 2.05) is 0 Å². The molecule has 0 amide bonds. The van der Waals surface area contributed by atoms with Crippen LogP contribution in [0.2, 0.25) is 0 Å². The smallest absolute Gasteiger partial charge is 0.166 e. The van der Waals surface area contributed by atoms with Crippen molar-refractivity contribution >= 4 is 17.3 Å². The standard InChI is InChI=1S/C17H29N3S/c1-4-7-13-18-17(21)19-14-16(20(5-2)6-3)15-11-9-8-10-12-15/h8-12,16H,4-7,13-14H2,1-3H3,(H2,18,19,21). The van der Waals surface area contributed by atoms with E-state index in [2.05, 4.69) is 66.6 Å². The van der Waals surface area contributed by atoms with E-state index in [4.69, 9.17) is 12.2 Å². The number of thiocarbonyl (C=S) groups is 1. The lowest BCUT2D eigenvalue weighted by Crippen LogP contribution is -2.42. The van der Waals surface area contributed by atoms with Gasteiger partial charge in [0.1, 0.15) is 0 Å². The Bertz CT molecular complexity index is 390. The molecular weight excluding hydrogens is 278 g/mol. The summed E-state index contributed by atoms with van der Waals surface area (Å²) in [6.07, 6.45) is 2.33. The third kappa shape index (κ3) is 6.44. The Labute approximate surface area is 135 Å². The van der Waals surface area contributed by atoms with Crippen molar-refractivity contribution in [2.75, 3.05) is 26.2 Å². The molecule has 0 aliphatic carbocycles. The minimum absolute atomic E-state index is 0.354. The van der Waals surface area contributed by atoms with Gasteiger partial charge >= 0.3 is 0 Å². The fourth-order valence-corrected chi connectivity index (χ4v) is 2.61. The van der Waals surface area contributed by atoms with Crippen LogP contribution in [0.4, 0.5) is 0 Å². The second-order valence-electron chi connectivity index (χ2n) is 5.14. The lowest BCUT2D eigenvalue weighted by atomic mass is 10.1. The van der Waals surface area contributed by atoms with Gasteiger partial charge in [0, 0.05) is 13.1 Å². The van der Waals surface area contributed by atoms with Gasteiger partial charge in [-0.1, -0.05) is 57.5 Å². The number of rotatable bonds is 9. The van der Waals surface area contributed by atoms with E-state index in [0.29, 0.717) is 6.04 Å². The van der Waals surface area contributed by atoms with E-state index in [-0.39, 0.29) is 0 Å². The lowest BCUT2D eigenvalue weighted by molar-refractivity contribution is 0.219. The summed E-state index contributed by atoms with van der Waals surface area (Å²) in [5.74, 6) is 0. The Morgan fingerprint density at radius 3 is 2.33 bits per heavy atom. The second-order valence-corrected chi connectivity index (χ2v) is 5.55. The molecule has 3 nitrogen and oxygen atoms in total. The Morgan fingerprint density at radius 2 is 1.76 bits per heavy atom. The summed E-state index contributed by atoms with van der Waals surface area (Å²) >= 11 is 5.35. The molecule has 1 unspecified atom stereocenters. The summed E-state index contributed by atoms with van der Waals surface area (Å²) in [5, 5.41) is 7.40. The number of nitrogens with one attached hydrogen (secondary N) is 2. The average molecular weight is 308 g/mol. The van der Waals surface area contributed by atoms with Crippen LogP contribution in [0.25, 0.3) is 0 Å². The minimum Gasteiger partial charge on any atom is -0.363 e. The van der Waals surface area contributed by atoms with E-state index >= 15 is 0 Å². The summed E-state index contributed by atoms with van der Waals surface area (Å²) in [6, 6.07) is 11.0. The van der Waals surface area contributed by atoms with Gasteiger partial charge in [-0.25, -0.2) is 0 Å². The van der Waals surface area contributed by atoms with Gasteiger partial charge in [0.25, 0.3) is 0 Å². The van der Waals surface area contributed by atoms with E-state index < -0.39 is 0 Å². The Kier molecular flexibility index (Phi) is 9.02. The van der Waals surface area contributed by atoms with Gasteiger partial charge in [0.05, 0.1) is 6.04 Å². The number of hydrogen-bond donors (Lipinski definition) is 2. The van der Waals surface area contributed by atoms with Gasteiger partial charge in [-0.15, -0.1) is 0 Å². The average Bonchev–Trinajstić information content (AvgIpc) is 2.52. The van der Waals surface area contributed by atoms with Gasteiger partial charge in [-0.2, -0.15) is 0 Å². The van der Waals surface area contributed by atoms with E-state index in [1.165, 1.54) is 12.0 Å². The van der Waals surface area contributed by atoms with Gasteiger partial charge in [-0.05, 0) is 37.3 Å². The first-order valence-electron chi connectivity index (χ1n) is 8.03. The molecule has 0 bridgehead atoms.